The van der Waals surface area contributed by atoms with Crippen LogP contribution >= 0.6 is 0 Å². The molecule has 0 aliphatic rings. The predicted molar refractivity (Wildman–Crippen MR) is 98.1 cm³/mol. The second-order valence-electron chi connectivity index (χ2n) is 5.63. The van der Waals surface area contributed by atoms with Gasteiger partial charge in [0.25, 0.3) is 5.91 Å². The molecule has 0 fully saturated rings. The Kier molecular flexibility index (Phi) is 5.43. The summed E-state index contributed by atoms with van der Waals surface area (Å²) < 4.78 is 18.4. The highest BCUT2D eigenvalue weighted by Gasteiger charge is 2.07. The first kappa shape index (κ1) is 17.4. The van der Waals surface area contributed by atoms with Crippen LogP contribution in [0.4, 0.5) is 15.8 Å². The molecule has 2 aromatic carbocycles. The van der Waals surface area contributed by atoms with Crippen molar-refractivity contribution >= 4 is 17.3 Å². The van der Waals surface area contributed by atoms with Crippen molar-refractivity contribution in [1.29, 1.82) is 0 Å². The zero-order chi connectivity index (χ0) is 18.4. The van der Waals surface area contributed by atoms with E-state index in [-0.39, 0.29) is 11.7 Å². The van der Waals surface area contributed by atoms with Crippen molar-refractivity contribution in [2.24, 2.45) is 0 Å². The Balaban J connectivity index is 1.63. The number of amides is 1. The molecule has 1 heterocycles. The molecule has 1 aromatic heterocycles. The van der Waals surface area contributed by atoms with E-state index in [2.05, 4.69) is 15.6 Å². The van der Waals surface area contributed by atoms with Gasteiger partial charge in [0.2, 0.25) is 0 Å². The number of carbonyl (C=O) groups is 1. The summed E-state index contributed by atoms with van der Waals surface area (Å²) in [7, 11) is 1.61. The van der Waals surface area contributed by atoms with Crippen LogP contribution in [0.2, 0.25) is 0 Å². The lowest BCUT2D eigenvalue weighted by molar-refractivity contribution is 0.0950. The Bertz CT molecular complexity index is 898. The number of halogens is 1. The van der Waals surface area contributed by atoms with E-state index in [1.54, 1.807) is 31.5 Å². The smallest absolute Gasteiger partial charge is 0.253 e. The minimum atomic E-state index is -0.337. The van der Waals surface area contributed by atoms with Gasteiger partial charge in [-0.2, -0.15) is 0 Å². The van der Waals surface area contributed by atoms with Crippen LogP contribution in [0.1, 0.15) is 15.9 Å². The third-order valence-corrected chi connectivity index (χ3v) is 3.73. The number of hydrogen-bond donors (Lipinski definition) is 2. The molecule has 0 saturated heterocycles. The summed E-state index contributed by atoms with van der Waals surface area (Å²) in [5.74, 6) is 0.188. The number of aromatic nitrogens is 1. The number of ether oxygens (including phenoxy) is 1. The largest absolute Gasteiger partial charge is 0.497 e. The molecule has 26 heavy (non-hydrogen) atoms. The molecule has 0 spiro atoms. The Morgan fingerprint density at radius 1 is 1.08 bits per heavy atom. The van der Waals surface area contributed by atoms with Gasteiger partial charge in [-0.1, -0.05) is 18.2 Å². The molecule has 0 saturated carbocycles. The quantitative estimate of drug-likeness (QED) is 0.707. The molecule has 0 aliphatic heterocycles. The van der Waals surface area contributed by atoms with Gasteiger partial charge in [-0.05, 0) is 42.0 Å². The number of pyridine rings is 1. The van der Waals surface area contributed by atoms with E-state index in [4.69, 9.17) is 4.74 Å². The molecular weight excluding hydrogens is 333 g/mol. The van der Waals surface area contributed by atoms with Crippen LogP contribution in [0, 0.1) is 5.82 Å². The monoisotopic (exact) mass is 351 g/mol. The molecule has 6 heteroatoms. The molecule has 2 N–H and O–H groups in total. The Morgan fingerprint density at radius 3 is 2.62 bits per heavy atom. The average molecular weight is 351 g/mol. The van der Waals surface area contributed by atoms with Gasteiger partial charge in [0, 0.05) is 18.4 Å². The molecule has 0 bridgehead atoms. The van der Waals surface area contributed by atoms with Crippen LogP contribution in [-0.2, 0) is 6.54 Å². The lowest BCUT2D eigenvalue weighted by Gasteiger charge is -2.09. The number of carbonyl (C=O) groups excluding carboxylic acids is 1. The van der Waals surface area contributed by atoms with Crippen molar-refractivity contribution in [3.05, 3.63) is 83.9 Å². The van der Waals surface area contributed by atoms with Crippen molar-refractivity contribution in [3.63, 3.8) is 0 Å². The molecule has 1 amide bonds. The van der Waals surface area contributed by atoms with Gasteiger partial charge in [0.15, 0.2) is 0 Å². The van der Waals surface area contributed by atoms with Gasteiger partial charge >= 0.3 is 0 Å². The van der Waals surface area contributed by atoms with Crippen molar-refractivity contribution in [2.45, 2.75) is 6.54 Å². The van der Waals surface area contributed by atoms with Crippen LogP contribution < -0.4 is 15.4 Å². The van der Waals surface area contributed by atoms with Crippen LogP contribution in [0.25, 0.3) is 0 Å². The first-order valence-corrected chi connectivity index (χ1v) is 8.03. The van der Waals surface area contributed by atoms with E-state index in [0.717, 1.165) is 11.3 Å². The highest BCUT2D eigenvalue weighted by Crippen LogP contribution is 2.17. The summed E-state index contributed by atoms with van der Waals surface area (Å²) in [6.07, 6.45) is 3.06. The average Bonchev–Trinajstić information content (AvgIpc) is 2.67. The molecule has 0 aliphatic carbocycles. The number of methoxy groups -OCH3 is 1. The van der Waals surface area contributed by atoms with Crippen molar-refractivity contribution in [1.82, 2.24) is 10.3 Å². The Labute approximate surface area is 150 Å². The van der Waals surface area contributed by atoms with Crippen molar-refractivity contribution in [2.75, 3.05) is 12.4 Å². The normalized spacial score (nSPS) is 10.2. The molecule has 0 unspecified atom stereocenters. The molecule has 132 valence electrons. The summed E-state index contributed by atoms with van der Waals surface area (Å²) in [6, 6.07) is 15.2. The van der Waals surface area contributed by atoms with E-state index < -0.39 is 0 Å². The van der Waals surface area contributed by atoms with Crippen molar-refractivity contribution < 1.29 is 13.9 Å². The maximum Gasteiger partial charge on any atom is 0.253 e. The van der Waals surface area contributed by atoms with Crippen LogP contribution in [0.15, 0.2) is 67.0 Å². The van der Waals surface area contributed by atoms with E-state index in [0.29, 0.717) is 23.5 Å². The lowest BCUT2D eigenvalue weighted by atomic mass is 10.2. The number of nitrogens with zero attached hydrogens (tertiary/aromatic N) is 1. The van der Waals surface area contributed by atoms with Crippen LogP contribution in [0.5, 0.6) is 5.75 Å². The zero-order valence-electron chi connectivity index (χ0n) is 14.2. The number of rotatable bonds is 6. The molecule has 3 rings (SSSR count). The first-order valence-electron chi connectivity index (χ1n) is 8.03. The van der Waals surface area contributed by atoms with Gasteiger partial charge in [-0.25, -0.2) is 4.39 Å². The summed E-state index contributed by atoms with van der Waals surface area (Å²) in [4.78, 5) is 16.4. The molecule has 0 radical (unpaired) electrons. The van der Waals surface area contributed by atoms with Gasteiger partial charge in [-0.15, -0.1) is 0 Å². The second kappa shape index (κ2) is 8.11. The fourth-order valence-electron chi connectivity index (χ4n) is 2.39. The molecular formula is C20H18FN3O2. The summed E-state index contributed by atoms with van der Waals surface area (Å²) in [5.41, 5.74) is 2.57. The van der Waals surface area contributed by atoms with E-state index >= 15 is 0 Å². The standard InChI is InChI=1S/C20H18FN3O2/c1-26-19-7-5-14(6-8-19)11-23-20(25)15-9-18(13-22-12-15)24-17-4-2-3-16(21)10-17/h2-10,12-13,24H,11H2,1H3,(H,23,25). The topological polar surface area (TPSA) is 63.2 Å². The zero-order valence-corrected chi connectivity index (χ0v) is 14.2. The number of hydrogen-bond acceptors (Lipinski definition) is 4. The SMILES string of the molecule is COc1ccc(CNC(=O)c2cncc(Nc3cccc(F)c3)c2)cc1. The molecule has 5 nitrogen and oxygen atoms in total. The first-order chi connectivity index (χ1) is 12.6. The Morgan fingerprint density at radius 2 is 1.88 bits per heavy atom. The predicted octanol–water partition coefficient (Wildman–Crippen LogP) is 3.90. The molecule has 3 aromatic rings. The second-order valence-corrected chi connectivity index (χ2v) is 5.63. The van der Waals surface area contributed by atoms with E-state index in [9.17, 15) is 9.18 Å². The summed E-state index contributed by atoms with van der Waals surface area (Å²) >= 11 is 0. The third-order valence-electron chi connectivity index (χ3n) is 3.73. The van der Waals surface area contributed by atoms with Crippen molar-refractivity contribution in [3.8, 4) is 5.75 Å². The number of benzene rings is 2. The Hall–Kier alpha value is -3.41. The van der Waals surface area contributed by atoms with Gasteiger partial charge < -0.3 is 15.4 Å². The lowest BCUT2D eigenvalue weighted by Crippen LogP contribution is -2.23. The number of nitrogens with one attached hydrogen (secondary N) is 2. The van der Waals surface area contributed by atoms with Gasteiger partial charge in [0.05, 0.1) is 24.6 Å². The van der Waals surface area contributed by atoms with Gasteiger partial charge in [-0.3, -0.25) is 9.78 Å². The minimum absolute atomic E-state index is 0.240. The minimum Gasteiger partial charge on any atom is -0.497 e. The highest BCUT2D eigenvalue weighted by atomic mass is 19.1. The van der Waals surface area contributed by atoms with E-state index in [1.807, 2.05) is 24.3 Å². The van der Waals surface area contributed by atoms with E-state index in [1.165, 1.54) is 18.3 Å². The number of anilines is 2. The van der Waals surface area contributed by atoms with Crippen LogP contribution in [0.3, 0.4) is 0 Å². The van der Waals surface area contributed by atoms with Crippen LogP contribution in [-0.4, -0.2) is 18.0 Å². The summed E-state index contributed by atoms with van der Waals surface area (Å²) in [6.45, 7) is 0.393. The third kappa shape index (κ3) is 4.57. The maximum absolute atomic E-state index is 13.3. The van der Waals surface area contributed by atoms with Gasteiger partial charge in [0.1, 0.15) is 11.6 Å². The summed E-state index contributed by atoms with van der Waals surface area (Å²) in [5, 5.41) is 5.88. The fourth-order valence-corrected chi connectivity index (χ4v) is 2.39. The fraction of sp³-hybridized carbons (Fsp3) is 0.100. The maximum atomic E-state index is 13.3. The highest BCUT2D eigenvalue weighted by molar-refractivity contribution is 5.94. The molecule has 0 atom stereocenters.